The van der Waals surface area contributed by atoms with Gasteiger partial charge < -0.3 is 4.90 Å². The molecule has 8 heteroatoms. The first-order valence-electron chi connectivity index (χ1n) is 11.0. The van der Waals surface area contributed by atoms with Gasteiger partial charge in [0.25, 0.3) is 17.5 Å². The third-order valence-corrected chi connectivity index (χ3v) is 6.73. The lowest BCUT2D eigenvalue weighted by molar-refractivity contribution is -0.385. The number of nitro groups is 1. The SMILES string of the molecule is CC(C(=O)N(C1CC1)C1CCCc2ccccc21)N1C(=O)c2cccc([N+](=O)[O-])c2C1=O. The second-order valence-corrected chi connectivity index (χ2v) is 8.70. The van der Waals surface area contributed by atoms with Crippen molar-refractivity contribution in [2.75, 3.05) is 0 Å². The van der Waals surface area contributed by atoms with Crippen LogP contribution < -0.4 is 0 Å². The molecule has 1 heterocycles. The van der Waals surface area contributed by atoms with Crippen molar-refractivity contribution in [2.24, 2.45) is 0 Å². The summed E-state index contributed by atoms with van der Waals surface area (Å²) < 4.78 is 0. The summed E-state index contributed by atoms with van der Waals surface area (Å²) in [7, 11) is 0. The van der Waals surface area contributed by atoms with E-state index in [0.717, 1.165) is 42.6 Å². The van der Waals surface area contributed by atoms with Crippen molar-refractivity contribution in [3.8, 4) is 0 Å². The number of carbonyl (C=O) groups is 3. The van der Waals surface area contributed by atoms with Crippen LogP contribution in [0.3, 0.4) is 0 Å². The maximum atomic E-state index is 13.7. The number of carbonyl (C=O) groups excluding carboxylic acids is 3. The number of benzene rings is 2. The third kappa shape index (κ3) is 3.09. The van der Waals surface area contributed by atoms with Crippen molar-refractivity contribution < 1.29 is 19.3 Å². The minimum atomic E-state index is -1.04. The Bertz CT molecular complexity index is 1160. The van der Waals surface area contributed by atoms with Crippen LogP contribution in [0.2, 0.25) is 0 Å². The monoisotopic (exact) mass is 433 g/mol. The van der Waals surface area contributed by atoms with Crippen LogP contribution in [0.1, 0.15) is 70.5 Å². The maximum Gasteiger partial charge on any atom is 0.282 e. The molecule has 2 atom stereocenters. The molecule has 8 nitrogen and oxygen atoms in total. The van der Waals surface area contributed by atoms with Crippen LogP contribution >= 0.6 is 0 Å². The average molecular weight is 433 g/mol. The Balaban J connectivity index is 1.48. The fourth-order valence-electron chi connectivity index (χ4n) is 5.07. The van der Waals surface area contributed by atoms with Crippen LogP contribution in [-0.4, -0.2) is 44.5 Å². The Kier molecular flexibility index (Phi) is 4.80. The van der Waals surface area contributed by atoms with Crippen LogP contribution in [0.4, 0.5) is 5.69 Å². The fraction of sp³-hybridized carbons (Fsp3) is 0.375. The molecule has 0 aromatic heterocycles. The summed E-state index contributed by atoms with van der Waals surface area (Å²) in [6, 6.07) is 11.0. The molecule has 0 bridgehead atoms. The number of amides is 3. The van der Waals surface area contributed by atoms with Gasteiger partial charge in [-0.25, -0.2) is 0 Å². The lowest BCUT2D eigenvalue weighted by Gasteiger charge is -2.38. The van der Waals surface area contributed by atoms with Crippen molar-refractivity contribution in [3.05, 3.63) is 74.8 Å². The highest BCUT2D eigenvalue weighted by molar-refractivity contribution is 6.24. The Morgan fingerprint density at radius 3 is 2.56 bits per heavy atom. The molecule has 0 radical (unpaired) electrons. The molecule has 2 aliphatic carbocycles. The Hall–Kier alpha value is -3.55. The van der Waals surface area contributed by atoms with E-state index in [-0.39, 0.29) is 29.1 Å². The normalized spacial score (nSPS) is 20.5. The molecule has 2 unspecified atom stereocenters. The van der Waals surface area contributed by atoms with E-state index in [2.05, 4.69) is 12.1 Å². The predicted octanol–water partition coefficient (Wildman–Crippen LogP) is 3.65. The van der Waals surface area contributed by atoms with Crippen molar-refractivity contribution in [2.45, 2.75) is 57.2 Å². The molecular formula is C24H23N3O5. The molecule has 0 spiro atoms. The van der Waals surface area contributed by atoms with Crippen molar-refractivity contribution in [1.82, 2.24) is 9.80 Å². The zero-order valence-electron chi connectivity index (χ0n) is 17.7. The number of nitro benzene ring substituents is 1. The molecule has 1 aliphatic heterocycles. The van der Waals surface area contributed by atoms with Gasteiger partial charge in [0.1, 0.15) is 11.6 Å². The molecule has 5 rings (SSSR count). The number of hydrogen-bond acceptors (Lipinski definition) is 5. The van der Waals surface area contributed by atoms with Crippen LogP contribution in [0.5, 0.6) is 0 Å². The first-order chi connectivity index (χ1) is 15.4. The largest absolute Gasteiger partial charge is 0.331 e. The van der Waals surface area contributed by atoms with Crippen molar-refractivity contribution in [3.63, 3.8) is 0 Å². The van der Waals surface area contributed by atoms with Gasteiger partial charge >= 0.3 is 0 Å². The topological polar surface area (TPSA) is 101 Å². The summed E-state index contributed by atoms with van der Waals surface area (Å²) in [5.41, 5.74) is 1.69. The van der Waals surface area contributed by atoms with Gasteiger partial charge in [-0.2, -0.15) is 0 Å². The van der Waals surface area contributed by atoms with E-state index in [4.69, 9.17) is 0 Å². The van der Waals surface area contributed by atoms with Gasteiger partial charge in [-0.3, -0.25) is 29.4 Å². The van der Waals surface area contributed by atoms with Crippen molar-refractivity contribution in [1.29, 1.82) is 0 Å². The fourth-order valence-corrected chi connectivity index (χ4v) is 5.07. The Morgan fingerprint density at radius 2 is 1.84 bits per heavy atom. The standard InChI is InChI=1S/C24H23N3O5/c1-14(25-23(29)18-9-5-11-20(27(31)32)21(18)24(25)30)22(28)26(16-12-13-16)19-10-4-7-15-6-2-3-8-17(15)19/h2-3,5-6,8-9,11,14,16,19H,4,7,10,12-13H2,1H3. The summed E-state index contributed by atoms with van der Waals surface area (Å²) in [4.78, 5) is 53.3. The van der Waals surface area contributed by atoms with Gasteiger partial charge in [0, 0.05) is 12.1 Å². The lowest BCUT2D eigenvalue weighted by Crippen LogP contribution is -2.51. The van der Waals surface area contributed by atoms with Crippen LogP contribution in [-0.2, 0) is 11.2 Å². The zero-order valence-corrected chi connectivity index (χ0v) is 17.7. The van der Waals surface area contributed by atoms with E-state index in [9.17, 15) is 24.5 Å². The Labute approximate surface area is 185 Å². The predicted molar refractivity (Wildman–Crippen MR) is 115 cm³/mol. The van der Waals surface area contributed by atoms with Crippen LogP contribution in [0.15, 0.2) is 42.5 Å². The summed E-state index contributed by atoms with van der Waals surface area (Å²) >= 11 is 0. The van der Waals surface area contributed by atoms with Gasteiger partial charge in [-0.05, 0) is 56.2 Å². The minimum absolute atomic E-state index is 0.0233. The average Bonchev–Trinajstić information content (AvgIpc) is 3.59. The summed E-state index contributed by atoms with van der Waals surface area (Å²) in [6.45, 7) is 1.54. The first-order valence-corrected chi connectivity index (χ1v) is 11.0. The molecule has 164 valence electrons. The summed E-state index contributed by atoms with van der Waals surface area (Å²) in [5.74, 6) is -1.72. The second-order valence-electron chi connectivity index (χ2n) is 8.70. The highest BCUT2D eigenvalue weighted by Gasteiger charge is 2.48. The van der Waals surface area contributed by atoms with E-state index in [1.165, 1.54) is 23.8 Å². The van der Waals surface area contributed by atoms with Crippen molar-refractivity contribution >= 4 is 23.4 Å². The first kappa shape index (κ1) is 20.4. The molecular weight excluding hydrogens is 410 g/mol. The minimum Gasteiger partial charge on any atom is -0.331 e. The van der Waals surface area contributed by atoms with Gasteiger partial charge in [0.15, 0.2) is 0 Å². The molecule has 3 aliphatic rings. The number of hydrogen-bond donors (Lipinski definition) is 0. The van der Waals surface area contributed by atoms with E-state index in [1.54, 1.807) is 6.92 Å². The van der Waals surface area contributed by atoms with Crippen LogP contribution in [0.25, 0.3) is 0 Å². The second kappa shape index (κ2) is 7.55. The highest BCUT2D eigenvalue weighted by Crippen LogP contribution is 2.42. The number of aryl methyl sites for hydroxylation is 1. The van der Waals surface area contributed by atoms with Gasteiger partial charge in [-0.15, -0.1) is 0 Å². The van der Waals surface area contributed by atoms with E-state index < -0.39 is 28.5 Å². The lowest BCUT2D eigenvalue weighted by atomic mass is 9.86. The summed E-state index contributed by atoms with van der Waals surface area (Å²) in [6.07, 6.45) is 4.55. The quantitative estimate of drug-likeness (QED) is 0.407. The van der Waals surface area contributed by atoms with Gasteiger partial charge in [0.05, 0.1) is 16.5 Å². The number of nitrogens with zero attached hydrogens (tertiary/aromatic N) is 3. The van der Waals surface area contributed by atoms with E-state index in [0.29, 0.717) is 0 Å². The zero-order chi connectivity index (χ0) is 22.6. The molecule has 0 saturated heterocycles. The molecule has 1 fully saturated rings. The smallest absolute Gasteiger partial charge is 0.282 e. The maximum absolute atomic E-state index is 13.7. The molecule has 32 heavy (non-hydrogen) atoms. The molecule has 2 aromatic carbocycles. The third-order valence-electron chi connectivity index (χ3n) is 6.73. The number of rotatable bonds is 5. The van der Waals surface area contributed by atoms with E-state index >= 15 is 0 Å². The van der Waals surface area contributed by atoms with Gasteiger partial charge in [-0.1, -0.05) is 30.3 Å². The van der Waals surface area contributed by atoms with E-state index in [1.807, 2.05) is 17.0 Å². The highest BCUT2D eigenvalue weighted by atomic mass is 16.6. The molecule has 3 amide bonds. The number of imide groups is 1. The Morgan fingerprint density at radius 1 is 1.09 bits per heavy atom. The summed E-state index contributed by atoms with van der Waals surface area (Å²) in [5, 5.41) is 11.4. The van der Waals surface area contributed by atoms with Gasteiger partial charge in [0.2, 0.25) is 5.91 Å². The molecule has 2 aromatic rings. The van der Waals surface area contributed by atoms with Crippen LogP contribution in [0, 0.1) is 10.1 Å². The molecule has 0 N–H and O–H groups in total. The molecule has 1 saturated carbocycles. The number of fused-ring (bicyclic) bond motifs is 2.